The lowest BCUT2D eigenvalue weighted by Crippen LogP contribution is -2.20. The number of amides is 1. The number of carbonyl (C=O) groups excluding carboxylic acids is 2. The molecule has 0 aliphatic carbocycles. The maximum absolute atomic E-state index is 11.6. The normalized spacial score (nSPS) is 12.8. The van der Waals surface area contributed by atoms with E-state index in [4.69, 9.17) is 14.2 Å². The number of rotatable bonds is 5. The molecule has 1 N–H and O–H groups in total. The summed E-state index contributed by atoms with van der Waals surface area (Å²) in [5, 5.41) is 2.60. The van der Waals surface area contributed by atoms with Crippen LogP contribution in [0.4, 0.5) is 5.69 Å². The van der Waals surface area contributed by atoms with Crippen LogP contribution >= 0.6 is 0 Å². The Morgan fingerprint density at radius 1 is 1.29 bits per heavy atom. The van der Waals surface area contributed by atoms with Crippen LogP contribution in [0.15, 0.2) is 42.5 Å². The highest BCUT2D eigenvalue weighted by Crippen LogP contribution is 2.34. The lowest BCUT2D eigenvalue weighted by atomic mass is 10.3. The predicted octanol–water partition coefficient (Wildman–Crippen LogP) is 2.03. The van der Waals surface area contributed by atoms with Crippen molar-refractivity contribution in [1.29, 1.82) is 0 Å². The molecule has 0 aromatic heterocycles. The Bertz CT molecular complexity index is 592. The van der Waals surface area contributed by atoms with Crippen LogP contribution in [0, 0.1) is 0 Å². The lowest BCUT2D eigenvalue weighted by Gasteiger charge is -2.06. The number of hydrogen-bond donors (Lipinski definition) is 1. The molecule has 0 unspecified atom stereocenters. The largest absolute Gasteiger partial charge is 0.454 e. The van der Waals surface area contributed by atoms with Gasteiger partial charge in [0.1, 0.15) is 0 Å². The molecule has 1 aromatic carbocycles. The molecule has 1 heterocycles. The van der Waals surface area contributed by atoms with Gasteiger partial charge < -0.3 is 19.5 Å². The lowest BCUT2D eigenvalue weighted by molar-refractivity contribution is -0.142. The molecular weight excluding hydrogens is 274 g/mol. The number of nitrogens with one attached hydrogen (secondary N) is 1. The molecule has 1 aliphatic rings. The zero-order valence-corrected chi connectivity index (χ0v) is 11.5. The highest BCUT2D eigenvalue weighted by Gasteiger charge is 2.14. The molecule has 0 saturated carbocycles. The average Bonchev–Trinajstić information content (AvgIpc) is 2.93. The number of hydrogen-bond acceptors (Lipinski definition) is 5. The third kappa shape index (κ3) is 4.38. The Morgan fingerprint density at radius 2 is 2.10 bits per heavy atom. The van der Waals surface area contributed by atoms with Crippen molar-refractivity contribution in [2.75, 3.05) is 18.7 Å². The summed E-state index contributed by atoms with van der Waals surface area (Å²) in [5.74, 6) is 0.197. The van der Waals surface area contributed by atoms with Gasteiger partial charge >= 0.3 is 5.97 Å². The van der Waals surface area contributed by atoms with Crippen LogP contribution in [-0.4, -0.2) is 25.3 Å². The van der Waals surface area contributed by atoms with Gasteiger partial charge in [-0.15, -0.1) is 0 Å². The van der Waals surface area contributed by atoms with Gasteiger partial charge in [0.25, 0.3) is 5.91 Å². The second kappa shape index (κ2) is 7.14. The van der Waals surface area contributed by atoms with Gasteiger partial charge in [0.15, 0.2) is 18.1 Å². The molecule has 21 heavy (non-hydrogen) atoms. The van der Waals surface area contributed by atoms with Crippen molar-refractivity contribution >= 4 is 17.6 Å². The van der Waals surface area contributed by atoms with Crippen molar-refractivity contribution in [1.82, 2.24) is 0 Å². The van der Waals surface area contributed by atoms with Crippen LogP contribution < -0.4 is 14.8 Å². The maximum Gasteiger partial charge on any atom is 0.331 e. The van der Waals surface area contributed by atoms with E-state index in [-0.39, 0.29) is 13.4 Å². The zero-order chi connectivity index (χ0) is 15.1. The summed E-state index contributed by atoms with van der Waals surface area (Å²) in [4.78, 5) is 22.9. The minimum Gasteiger partial charge on any atom is -0.454 e. The van der Waals surface area contributed by atoms with Gasteiger partial charge in [-0.2, -0.15) is 0 Å². The van der Waals surface area contributed by atoms with Gasteiger partial charge in [-0.3, -0.25) is 4.79 Å². The molecule has 0 atom stereocenters. The van der Waals surface area contributed by atoms with Gasteiger partial charge in [-0.05, 0) is 19.1 Å². The molecule has 0 bridgehead atoms. The third-order valence-electron chi connectivity index (χ3n) is 2.54. The zero-order valence-electron chi connectivity index (χ0n) is 11.5. The maximum atomic E-state index is 11.6. The fourth-order valence-corrected chi connectivity index (χ4v) is 1.60. The Hall–Kier alpha value is -2.76. The number of fused-ring (bicyclic) bond motifs is 1. The summed E-state index contributed by atoms with van der Waals surface area (Å²) in [5.41, 5.74) is 0.546. The van der Waals surface area contributed by atoms with E-state index < -0.39 is 11.9 Å². The van der Waals surface area contributed by atoms with Crippen LogP contribution in [0.25, 0.3) is 0 Å². The fraction of sp³-hybridized carbons (Fsp3) is 0.200. The predicted molar refractivity (Wildman–Crippen MR) is 76.1 cm³/mol. The van der Waals surface area contributed by atoms with Crippen molar-refractivity contribution in [3.05, 3.63) is 42.5 Å². The van der Waals surface area contributed by atoms with E-state index in [9.17, 15) is 9.59 Å². The molecule has 0 fully saturated rings. The Balaban J connectivity index is 1.81. The van der Waals surface area contributed by atoms with Crippen molar-refractivity contribution in [2.24, 2.45) is 0 Å². The van der Waals surface area contributed by atoms with E-state index in [1.807, 2.05) is 6.92 Å². The first-order valence-electron chi connectivity index (χ1n) is 6.34. The fourth-order valence-electron chi connectivity index (χ4n) is 1.60. The van der Waals surface area contributed by atoms with Gasteiger partial charge in [0, 0.05) is 17.8 Å². The molecule has 2 rings (SSSR count). The highest BCUT2D eigenvalue weighted by atomic mass is 16.7. The standard InChI is InChI=1S/C15H15NO5/c1-2-3-4-5-15(18)19-9-14(17)16-11-6-7-12-13(8-11)21-10-20-12/h2-8H,9-10H2,1H3,(H,16,17). The molecule has 0 saturated heterocycles. The van der Waals surface area contributed by atoms with Gasteiger partial charge in [0.2, 0.25) is 6.79 Å². The van der Waals surface area contributed by atoms with Crippen LogP contribution in [0.1, 0.15) is 6.92 Å². The van der Waals surface area contributed by atoms with E-state index in [2.05, 4.69) is 5.32 Å². The topological polar surface area (TPSA) is 73.9 Å². The van der Waals surface area contributed by atoms with Crippen molar-refractivity contribution < 1.29 is 23.8 Å². The van der Waals surface area contributed by atoms with E-state index in [0.29, 0.717) is 17.2 Å². The molecule has 110 valence electrons. The van der Waals surface area contributed by atoms with Gasteiger partial charge in [-0.25, -0.2) is 4.79 Å². The number of esters is 1. The highest BCUT2D eigenvalue weighted by molar-refractivity contribution is 5.94. The molecule has 0 spiro atoms. The Labute approximate surface area is 122 Å². The molecule has 6 heteroatoms. The van der Waals surface area contributed by atoms with Crippen LogP contribution in [0.3, 0.4) is 0 Å². The first-order chi connectivity index (χ1) is 10.2. The first kappa shape index (κ1) is 14.6. The number of anilines is 1. The summed E-state index contributed by atoms with van der Waals surface area (Å²) < 4.78 is 15.2. The monoisotopic (exact) mass is 289 g/mol. The second-order valence-electron chi connectivity index (χ2n) is 4.11. The summed E-state index contributed by atoms with van der Waals surface area (Å²) in [6, 6.07) is 5.02. The van der Waals surface area contributed by atoms with E-state index in [0.717, 1.165) is 0 Å². The average molecular weight is 289 g/mol. The summed E-state index contributed by atoms with van der Waals surface area (Å²) in [6.45, 7) is 1.64. The first-order valence-corrected chi connectivity index (χ1v) is 6.34. The molecular formula is C15H15NO5. The second-order valence-corrected chi connectivity index (χ2v) is 4.11. The van der Waals surface area contributed by atoms with Crippen molar-refractivity contribution in [3.63, 3.8) is 0 Å². The van der Waals surface area contributed by atoms with Crippen molar-refractivity contribution in [2.45, 2.75) is 6.92 Å². The van der Waals surface area contributed by atoms with Crippen molar-refractivity contribution in [3.8, 4) is 11.5 Å². The van der Waals surface area contributed by atoms with E-state index in [1.54, 1.807) is 30.4 Å². The summed E-state index contributed by atoms with van der Waals surface area (Å²) >= 11 is 0. The van der Waals surface area contributed by atoms with E-state index in [1.165, 1.54) is 12.2 Å². The number of allylic oxidation sites excluding steroid dienone is 3. The quantitative estimate of drug-likeness (QED) is 0.510. The number of ether oxygens (including phenoxy) is 3. The van der Waals surface area contributed by atoms with Crippen LogP contribution in [0.5, 0.6) is 11.5 Å². The minimum absolute atomic E-state index is 0.170. The number of benzene rings is 1. The smallest absolute Gasteiger partial charge is 0.331 e. The molecule has 1 amide bonds. The number of carbonyl (C=O) groups is 2. The molecule has 1 aliphatic heterocycles. The van der Waals surface area contributed by atoms with Crippen LogP contribution in [0.2, 0.25) is 0 Å². The molecule has 6 nitrogen and oxygen atoms in total. The van der Waals surface area contributed by atoms with Gasteiger partial charge in [0.05, 0.1) is 0 Å². The SMILES string of the molecule is CC=CC=CC(=O)OCC(=O)Nc1ccc2c(c1)OCO2. The third-order valence-corrected chi connectivity index (χ3v) is 2.54. The minimum atomic E-state index is -0.575. The van der Waals surface area contributed by atoms with Gasteiger partial charge in [-0.1, -0.05) is 18.2 Å². The summed E-state index contributed by atoms with van der Waals surface area (Å²) in [7, 11) is 0. The van der Waals surface area contributed by atoms with Crippen LogP contribution in [-0.2, 0) is 14.3 Å². The van der Waals surface area contributed by atoms with E-state index >= 15 is 0 Å². The Morgan fingerprint density at radius 3 is 2.90 bits per heavy atom. The summed E-state index contributed by atoms with van der Waals surface area (Å²) in [6.07, 6.45) is 6.25. The molecule has 1 aromatic rings. The molecule has 0 radical (unpaired) electrons. The Kier molecular flexibility index (Phi) is 4.98.